The Hall–Kier alpha value is -2.68. The number of aryl methyl sites for hydroxylation is 1. The van der Waals surface area contributed by atoms with Crippen LogP contribution >= 0.6 is 0 Å². The quantitative estimate of drug-likeness (QED) is 0.811. The zero-order chi connectivity index (χ0) is 17.4. The molecule has 2 aromatic carbocycles. The van der Waals surface area contributed by atoms with Gasteiger partial charge in [-0.25, -0.2) is 0 Å². The summed E-state index contributed by atoms with van der Waals surface area (Å²) in [6, 6.07) is 17.9. The minimum Gasteiger partial charge on any atom is -0.294 e. The minimum absolute atomic E-state index is 0.0743. The molecule has 0 bridgehead atoms. The zero-order valence-corrected chi connectivity index (χ0v) is 14.4. The van der Waals surface area contributed by atoms with Crippen LogP contribution in [0.15, 0.2) is 65.9 Å². The number of nitrogens with zero attached hydrogens (tertiary/aromatic N) is 1. The van der Waals surface area contributed by atoms with Gasteiger partial charge in [-0.1, -0.05) is 48.0 Å². The molecule has 25 heavy (non-hydrogen) atoms. The van der Waals surface area contributed by atoms with Crippen molar-refractivity contribution in [2.75, 3.05) is 4.90 Å². The number of Topliss-reactive ketones (excluding diaryl/α,β-unsaturated/α-hetero) is 1. The second kappa shape index (κ2) is 6.32. The van der Waals surface area contributed by atoms with Crippen LogP contribution in [0.1, 0.15) is 42.7 Å². The second-order valence-corrected chi connectivity index (χ2v) is 6.87. The van der Waals surface area contributed by atoms with Crippen LogP contribution in [-0.4, -0.2) is 11.7 Å². The number of rotatable bonds is 2. The number of hydrogen-bond acceptors (Lipinski definition) is 2. The van der Waals surface area contributed by atoms with Gasteiger partial charge in [-0.2, -0.15) is 0 Å². The van der Waals surface area contributed by atoms with Gasteiger partial charge >= 0.3 is 0 Å². The van der Waals surface area contributed by atoms with Gasteiger partial charge in [-0.15, -0.1) is 0 Å². The molecule has 0 saturated heterocycles. The molecule has 0 fully saturated rings. The molecule has 1 aliphatic heterocycles. The van der Waals surface area contributed by atoms with Gasteiger partial charge in [0.1, 0.15) is 0 Å². The normalized spacial score (nSPS) is 20.7. The molecule has 3 nitrogen and oxygen atoms in total. The molecule has 2 aromatic rings. The van der Waals surface area contributed by atoms with E-state index in [1.807, 2.05) is 37.3 Å². The zero-order valence-electron chi connectivity index (χ0n) is 14.4. The van der Waals surface area contributed by atoms with Crippen molar-refractivity contribution >= 4 is 17.4 Å². The number of ketones is 1. The summed E-state index contributed by atoms with van der Waals surface area (Å²) in [6.45, 7) is 2.05. The largest absolute Gasteiger partial charge is 0.294 e. The summed E-state index contributed by atoms with van der Waals surface area (Å²) < 4.78 is 0. The maximum absolute atomic E-state index is 13.0. The Balaban J connectivity index is 1.85. The van der Waals surface area contributed by atoms with Gasteiger partial charge in [0.05, 0.1) is 0 Å². The van der Waals surface area contributed by atoms with E-state index in [0.717, 1.165) is 35.4 Å². The smallest absolute Gasteiger partial charge is 0.232 e. The molecule has 0 saturated carbocycles. The first-order valence-corrected chi connectivity index (χ1v) is 8.86. The van der Waals surface area contributed by atoms with Crippen LogP contribution in [0.5, 0.6) is 0 Å². The fourth-order valence-corrected chi connectivity index (χ4v) is 3.95. The number of allylic oxidation sites excluding steroid dienone is 2. The predicted molar refractivity (Wildman–Crippen MR) is 98.3 cm³/mol. The van der Waals surface area contributed by atoms with E-state index in [-0.39, 0.29) is 17.6 Å². The Bertz CT molecular complexity index is 849. The van der Waals surface area contributed by atoms with Gasteiger partial charge in [0.25, 0.3) is 0 Å². The minimum atomic E-state index is -0.115. The molecule has 1 atom stereocenters. The first-order valence-electron chi connectivity index (χ1n) is 8.86. The lowest BCUT2D eigenvalue weighted by molar-refractivity contribution is -0.119. The van der Waals surface area contributed by atoms with Crippen LogP contribution in [0.3, 0.4) is 0 Å². The molecule has 3 heteroatoms. The molecule has 126 valence electrons. The predicted octanol–water partition coefficient (Wildman–Crippen LogP) is 4.52. The maximum Gasteiger partial charge on any atom is 0.232 e. The van der Waals surface area contributed by atoms with E-state index in [9.17, 15) is 9.59 Å². The van der Waals surface area contributed by atoms with E-state index in [1.54, 1.807) is 4.90 Å². The lowest BCUT2D eigenvalue weighted by Gasteiger charge is -2.38. The third-order valence-corrected chi connectivity index (χ3v) is 5.17. The summed E-state index contributed by atoms with van der Waals surface area (Å²) >= 11 is 0. The standard InChI is InChI=1S/C22H21NO2/c1-15-10-12-16(13-11-15)18-14-21(25)23(17-6-3-2-4-7-17)19-8-5-9-20(24)22(18)19/h2-4,6-7,10-13,18H,5,8-9,14H2,1H3. The Morgan fingerprint density at radius 1 is 0.920 bits per heavy atom. The van der Waals surface area contributed by atoms with Crippen molar-refractivity contribution < 1.29 is 9.59 Å². The van der Waals surface area contributed by atoms with Gasteiger partial charge in [0, 0.05) is 35.7 Å². The molecule has 2 aliphatic rings. The van der Waals surface area contributed by atoms with Gasteiger partial charge in [-0.3, -0.25) is 14.5 Å². The summed E-state index contributed by atoms with van der Waals surface area (Å²) in [5.41, 5.74) is 4.86. The van der Waals surface area contributed by atoms with E-state index in [1.165, 1.54) is 5.56 Å². The molecule has 0 spiro atoms. The topological polar surface area (TPSA) is 37.4 Å². The lowest BCUT2D eigenvalue weighted by atomic mass is 9.77. The van der Waals surface area contributed by atoms with Crippen LogP contribution in [0.25, 0.3) is 0 Å². The highest BCUT2D eigenvalue weighted by atomic mass is 16.2. The fraction of sp³-hybridized carbons (Fsp3) is 0.273. The van der Waals surface area contributed by atoms with Crippen molar-refractivity contribution in [1.29, 1.82) is 0 Å². The van der Waals surface area contributed by atoms with Crippen LogP contribution < -0.4 is 4.90 Å². The number of anilines is 1. The van der Waals surface area contributed by atoms with E-state index in [4.69, 9.17) is 0 Å². The fourth-order valence-electron chi connectivity index (χ4n) is 3.95. The Kier molecular flexibility index (Phi) is 4.00. The molecule has 0 radical (unpaired) electrons. The van der Waals surface area contributed by atoms with E-state index in [2.05, 4.69) is 24.3 Å². The lowest BCUT2D eigenvalue weighted by Crippen LogP contribution is -2.40. The summed E-state index contributed by atoms with van der Waals surface area (Å²) in [4.78, 5) is 27.5. The molecule has 1 heterocycles. The summed E-state index contributed by atoms with van der Waals surface area (Å²) in [5.74, 6) is 0.154. The van der Waals surface area contributed by atoms with Crippen molar-refractivity contribution in [2.24, 2.45) is 0 Å². The number of benzene rings is 2. The Morgan fingerprint density at radius 3 is 2.36 bits per heavy atom. The van der Waals surface area contributed by atoms with E-state index >= 15 is 0 Å². The highest BCUT2D eigenvalue weighted by molar-refractivity contribution is 6.07. The third-order valence-electron chi connectivity index (χ3n) is 5.17. The molecule has 0 aromatic heterocycles. The van der Waals surface area contributed by atoms with Crippen LogP contribution in [-0.2, 0) is 9.59 Å². The Labute approximate surface area is 148 Å². The maximum atomic E-state index is 13.0. The molecule has 1 unspecified atom stereocenters. The van der Waals surface area contributed by atoms with Gasteiger partial charge in [0.15, 0.2) is 5.78 Å². The SMILES string of the molecule is Cc1ccc(C2CC(=O)N(c3ccccc3)C3=C2C(=O)CCC3)cc1. The number of carbonyl (C=O) groups is 2. The van der Waals surface area contributed by atoms with E-state index < -0.39 is 0 Å². The summed E-state index contributed by atoms with van der Waals surface area (Å²) in [7, 11) is 0. The van der Waals surface area contributed by atoms with Gasteiger partial charge < -0.3 is 0 Å². The van der Waals surface area contributed by atoms with Crippen LogP contribution in [0, 0.1) is 6.92 Å². The van der Waals surface area contributed by atoms with Crippen molar-refractivity contribution in [2.45, 2.75) is 38.5 Å². The molecule has 1 aliphatic carbocycles. The molecular formula is C22H21NO2. The monoisotopic (exact) mass is 331 g/mol. The number of para-hydroxylation sites is 1. The number of amides is 1. The average Bonchev–Trinajstić information content (AvgIpc) is 2.62. The average molecular weight is 331 g/mol. The molecule has 0 N–H and O–H groups in total. The van der Waals surface area contributed by atoms with Gasteiger partial charge in [0.2, 0.25) is 5.91 Å². The molecule has 4 rings (SSSR count). The van der Waals surface area contributed by atoms with Gasteiger partial charge in [-0.05, 0) is 37.5 Å². The first-order chi connectivity index (χ1) is 12.1. The van der Waals surface area contributed by atoms with Crippen LogP contribution in [0.4, 0.5) is 5.69 Å². The number of hydrogen-bond donors (Lipinski definition) is 0. The van der Waals surface area contributed by atoms with Crippen molar-refractivity contribution in [3.8, 4) is 0 Å². The second-order valence-electron chi connectivity index (χ2n) is 6.87. The molecular weight excluding hydrogens is 310 g/mol. The van der Waals surface area contributed by atoms with Crippen molar-refractivity contribution in [3.05, 3.63) is 77.0 Å². The number of carbonyl (C=O) groups excluding carboxylic acids is 2. The third kappa shape index (κ3) is 2.80. The highest BCUT2D eigenvalue weighted by Crippen LogP contribution is 2.43. The summed E-state index contributed by atoms with van der Waals surface area (Å²) in [5, 5.41) is 0. The highest BCUT2D eigenvalue weighted by Gasteiger charge is 2.39. The van der Waals surface area contributed by atoms with Crippen molar-refractivity contribution in [1.82, 2.24) is 0 Å². The summed E-state index contributed by atoms with van der Waals surface area (Å²) in [6.07, 6.45) is 2.53. The first kappa shape index (κ1) is 15.8. The Morgan fingerprint density at radius 2 is 1.64 bits per heavy atom. The van der Waals surface area contributed by atoms with Crippen molar-refractivity contribution in [3.63, 3.8) is 0 Å². The van der Waals surface area contributed by atoms with Crippen LogP contribution in [0.2, 0.25) is 0 Å². The van der Waals surface area contributed by atoms with E-state index in [0.29, 0.717) is 12.8 Å². The molecule has 1 amide bonds.